The highest BCUT2D eigenvalue weighted by atomic mass is 35.5. The van der Waals surface area contributed by atoms with Crippen LogP contribution in [0.25, 0.3) is 0 Å². The molecule has 200 valence electrons. The van der Waals surface area contributed by atoms with Gasteiger partial charge in [-0.1, -0.05) is 71.7 Å². The normalized spacial score (nSPS) is 15.6. The van der Waals surface area contributed by atoms with Crippen molar-refractivity contribution in [1.82, 2.24) is 9.62 Å². The van der Waals surface area contributed by atoms with Crippen LogP contribution in [0.1, 0.15) is 47.3 Å². The van der Waals surface area contributed by atoms with E-state index in [4.69, 9.17) is 23.2 Å². The number of carbonyl (C=O) groups is 2. The molecule has 3 aromatic carbocycles. The number of sulfonamides is 1. The van der Waals surface area contributed by atoms with Crippen molar-refractivity contribution in [2.75, 3.05) is 18.4 Å². The Labute approximate surface area is 233 Å². The number of benzene rings is 3. The van der Waals surface area contributed by atoms with Crippen molar-refractivity contribution < 1.29 is 18.0 Å². The molecule has 1 heterocycles. The van der Waals surface area contributed by atoms with Crippen LogP contribution in [0.4, 0.5) is 5.69 Å². The Morgan fingerprint density at radius 3 is 2.29 bits per heavy atom. The van der Waals surface area contributed by atoms with Crippen molar-refractivity contribution in [3.63, 3.8) is 0 Å². The number of piperidine rings is 1. The Morgan fingerprint density at radius 2 is 1.61 bits per heavy atom. The number of hydrogen-bond donors (Lipinski definition) is 2. The van der Waals surface area contributed by atoms with Gasteiger partial charge < -0.3 is 10.6 Å². The van der Waals surface area contributed by atoms with E-state index in [0.717, 1.165) is 5.56 Å². The molecule has 2 N–H and O–H groups in total. The van der Waals surface area contributed by atoms with E-state index in [1.54, 1.807) is 42.5 Å². The van der Waals surface area contributed by atoms with Gasteiger partial charge >= 0.3 is 0 Å². The summed E-state index contributed by atoms with van der Waals surface area (Å²) < 4.78 is 27.3. The van der Waals surface area contributed by atoms with Crippen LogP contribution in [0.5, 0.6) is 0 Å². The van der Waals surface area contributed by atoms with Gasteiger partial charge in [0.15, 0.2) is 0 Å². The molecule has 0 saturated carbocycles. The summed E-state index contributed by atoms with van der Waals surface area (Å²) in [5.41, 5.74) is 2.31. The third-order valence-electron chi connectivity index (χ3n) is 6.63. The summed E-state index contributed by atoms with van der Waals surface area (Å²) in [4.78, 5) is 26.1. The maximum Gasteiger partial charge on any atom is 0.253 e. The molecule has 38 heavy (non-hydrogen) atoms. The van der Waals surface area contributed by atoms with Gasteiger partial charge in [-0.25, -0.2) is 12.7 Å². The van der Waals surface area contributed by atoms with Crippen LogP contribution < -0.4 is 10.6 Å². The Balaban J connectivity index is 1.35. The van der Waals surface area contributed by atoms with E-state index in [1.165, 1.54) is 4.31 Å². The molecule has 3 aromatic rings. The molecular weight excluding hydrogens is 545 g/mol. The SMILES string of the molecule is C[C@H](NC(=O)c1ccccc1NC(=O)C1CCN(S(=O)(=O)Cc2ccc(Cl)c(Cl)c2)CC1)c1ccccc1. The quantitative estimate of drug-likeness (QED) is 0.363. The zero-order valence-corrected chi connectivity index (χ0v) is 23.2. The Morgan fingerprint density at radius 1 is 0.947 bits per heavy atom. The molecule has 2 amide bonds. The van der Waals surface area contributed by atoms with Crippen LogP contribution >= 0.6 is 23.2 Å². The highest BCUT2D eigenvalue weighted by molar-refractivity contribution is 7.88. The maximum atomic E-state index is 13.1. The minimum Gasteiger partial charge on any atom is -0.345 e. The number of carbonyl (C=O) groups excluding carboxylic acids is 2. The van der Waals surface area contributed by atoms with Crippen LogP contribution in [0.3, 0.4) is 0 Å². The molecule has 0 aromatic heterocycles. The Kier molecular flexibility index (Phi) is 9.10. The number of nitrogens with one attached hydrogen (secondary N) is 2. The van der Waals surface area contributed by atoms with E-state index in [9.17, 15) is 18.0 Å². The third-order valence-corrected chi connectivity index (χ3v) is 9.22. The zero-order valence-electron chi connectivity index (χ0n) is 20.9. The highest BCUT2D eigenvalue weighted by Crippen LogP contribution is 2.27. The number of rotatable bonds is 8. The van der Waals surface area contributed by atoms with E-state index in [-0.39, 0.29) is 42.6 Å². The molecule has 0 unspecified atom stereocenters. The second-order valence-corrected chi connectivity index (χ2v) is 12.1. The first kappa shape index (κ1) is 28.1. The van der Waals surface area contributed by atoms with Gasteiger partial charge in [0.2, 0.25) is 15.9 Å². The van der Waals surface area contributed by atoms with Gasteiger partial charge in [-0.2, -0.15) is 0 Å². The second-order valence-electron chi connectivity index (χ2n) is 9.32. The lowest BCUT2D eigenvalue weighted by Crippen LogP contribution is -2.42. The lowest BCUT2D eigenvalue weighted by atomic mass is 9.97. The van der Waals surface area contributed by atoms with E-state index in [0.29, 0.717) is 39.7 Å². The van der Waals surface area contributed by atoms with Gasteiger partial charge in [0.05, 0.1) is 33.1 Å². The summed E-state index contributed by atoms with van der Waals surface area (Å²) in [6.45, 7) is 2.37. The van der Waals surface area contributed by atoms with E-state index in [1.807, 2.05) is 37.3 Å². The van der Waals surface area contributed by atoms with Crippen molar-refractivity contribution >= 4 is 50.7 Å². The van der Waals surface area contributed by atoms with Crippen LogP contribution in [0.2, 0.25) is 10.0 Å². The average molecular weight is 575 g/mol. The van der Waals surface area contributed by atoms with Crippen LogP contribution in [-0.2, 0) is 20.6 Å². The summed E-state index contributed by atoms with van der Waals surface area (Å²) in [5, 5.41) is 6.53. The molecule has 0 bridgehead atoms. The lowest BCUT2D eigenvalue weighted by Gasteiger charge is -2.30. The molecular formula is C28H29Cl2N3O4S. The lowest BCUT2D eigenvalue weighted by molar-refractivity contribution is -0.120. The minimum atomic E-state index is -3.58. The smallest absolute Gasteiger partial charge is 0.253 e. The fourth-order valence-electron chi connectivity index (χ4n) is 4.45. The van der Waals surface area contributed by atoms with Gasteiger partial charge in [-0.15, -0.1) is 0 Å². The topological polar surface area (TPSA) is 95.6 Å². The van der Waals surface area contributed by atoms with E-state index >= 15 is 0 Å². The van der Waals surface area contributed by atoms with E-state index in [2.05, 4.69) is 10.6 Å². The molecule has 1 fully saturated rings. The van der Waals surface area contributed by atoms with Crippen LogP contribution in [0.15, 0.2) is 72.8 Å². The monoisotopic (exact) mass is 573 g/mol. The molecule has 4 rings (SSSR count). The molecule has 7 nitrogen and oxygen atoms in total. The summed E-state index contributed by atoms with van der Waals surface area (Å²) >= 11 is 11.9. The molecule has 0 radical (unpaired) electrons. The van der Waals surface area contributed by atoms with Crippen molar-refractivity contribution in [3.05, 3.63) is 99.5 Å². The fourth-order valence-corrected chi connectivity index (χ4v) is 6.32. The standard InChI is InChI=1S/C28H29Cl2N3O4S/c1-19(21-7-3-2-4-8-21)31-28(35)23-9-5-6-10-26(23)32-27(34)22-13-15-33(16-14-22)38(36,37)18-20-11-12-24(29)25(30)17-20/h2-12,17,19,22H,13-16,18H2,1H3,(H,31,35)(H,32,34)/t19-/m0/s1. The van der Waals surface area contributed by atoms with Crippen molar-refractivity contribution in [3.8, 4) is 0 Å². The fraction of sp³-hybridized carbons (Fsp3) is 0.286. The van der Waals surface area contributed by atoms with Crippen molar-refractivity contribution in [1.29, 1.82) is 0 Å². The number of anilines is 1. The largest absolute Gasteiger partial charge is 0.345 e. The number of para-hydroxylation sites is 1. The van der Waals surface area contributed by atoms with Crippen LogP contribution in [0, 0.1) is 5.92 Å². The first-order valence-electron chi connectivity index (χ1n) is 12.3. The molecule has 1 atom stereocenters. The van der Waals surface area contributed by atoms with Gasteiger partial charge in [-0.3, -0.25) is 9.59 Å². The Hall–Kier alpha value is -2.91. The van der Waals surface area contributed by atoms with Crippen molar-refractivity contribution in [2.45, 2.75) is 31.6 Å². The molecule has 0 aliphatic carbocycles. The molecule has 10 heteroatoms. The Bertz CT molecular complexity index is 1410. The van der Waals surface area contributed by atoms with Crippen LogP contribution in [-0.4, -0.2) is 37.6 Å². The number of hydrogen-bond acceptors (Lipinski definition) is 4. The second kappa shape index (κ2) is 12.3. The average Bonchev–Trinajstić information content (AvgIpc) is 2.91. The molecule has 0 spiro atoms. The predicted molar refractivity (Wildman–Crippen MR) is 151 cm³/mol. The van der Waals surface area contributed by atoms with Crippen molar-refractivity contribution in [2.24, 2.45) is 5.92 Å². The van der Waals surface area contributed by atoms with Gasteiger partial charge in [0.1, 0.15) is 0 Å². The van der Waals surface area contributed by atoms with Gasteiger partial charge in [0.25, 0.3) is 5.91 Å². The number of amides is 2. The summed E-state index contributed by atoms with van der Waals surface area (Å²) in [7, 11) is -3.58. The number of halogens is 2. The first-order chi connectivity index (χ1) is 18.1. The third kappa shape index (κ3) is 6.94. The zero-order chi connectivity index (χ0) is 27.3. The summed E-state index contributed by atoms with van der Waals surface area (Å²) in [5.74, 6) is -1.08. The first-order valence-corrected chi connectivity index (χ1v) is 14.7. The molecule has 1 aliphatic rings. The molecule has 1 aliphatic heterocycles. The van der Waals surface area contributed by atoms with E-state index < -0.39 is 10.0 Å². The maximum absolute atomic E-state index is 13.1. The summed E-state index contributed by atoms with van der Waals surface area (Å²) in [6.07, 6.45) is 0.762. The minimum absolute atomic E-state index is 0.190. The van der Waals surface area contributed by atoms with Gasteiger partial charge in [0, 0.05) is 19.0 Å². The highest BCUT2D eigenvalue weighted by Gasteiger charge is 2.31. The predicted octanol–water partition coefficient (Wildman–Crippen LogP) is 5.66. The summed E-state index contributed by atoms with van der Waals surface area (Å²) in [6, 6.07) is 21.0. The molecule has 1 saturated heterocycles. The number of nitrogens with zero attached hydrogens (tertiary/aromatic N) is 1. The van der Waals surface area contributed by atoms with Gasteiger partial charge in [-0.05, 0) is 55.2 Å².